The number of hydrogen-bond donors (Lipinski definition) is 2. The molecule has 0 bridgehead atoms. The number of H-pyrrole nitrogens is 1. The van der Waals surface area contributed by atoms with Crippen molar-refractivity contribution in [3.63, 3.8) is 0 Å². The van der Waals surface area contributed by atoms with Gasteiger partial charge in [-0.05, 0) is 35.3 Å². The Morgan fingerprint density at radius 3 is 3.23 bits per heavy atom. The minimum absolute atomic E-state index is 0.0295. The Labute approximate surface area is 129 Å². The zero-order valence-electron chi connectivity index (χ0n) is 11.9. The third-order valence-electron chi connectivity index (χ3n) is 3.45. The monoisotopic (exact) mass is 321 g/mol. The zero-order chi connectivity index (χ0) is 15.5. The number of tetrazole rings is 1. The maximum absolute atomic E-state index is 12.0. The fraction of sp³-hybridized carbons (Fsp3) is 0.500. The van der Waals surface area contributed by atoms with E-state index in [0.717, 1.165) is 24.1 Å². The van der Waals surface area contributed by atoms with E-state index in [0.29, 0.717) is 11.6 Å². The summed E-state index contributed by atoms with van der Waals surface area (Å²) < 4.78 is 1.52. The van der Waals surface area contributed by atoms with E-state index >= 15 is 0 Å². The van der Waals surface area contributed by atoms with Crippen LogP contribution in [0.2, 0.25) is 0 Å². The largest absolute Gasteiger partial charge is 0.352 e. The van der Waals surface area contributed by atoms with Gasteiger partial charge in [-0.1, -0.05) is 11.8 Å². The van der Waals surface area contributed by atoms with E-state index in [1.54, 1.807) is 13.1 Å². The zero-order valence-corrected chi connectivity index (χ0v) is 12.8. The molecule has 0 spiro atoms. The molecule has 2 heterocycles. The van der Waals surface area contributed by atoms with Crippen LogP contribution in [0.1, 0.15) is 17.7 Å². The summed E-state index contributed by atoms with van der Waals surface area (Å²) in [5.74, 6) is 0.185. The minimum atomic E-state index is -0.212. The predicted octanol–water partition coefficient (Wildman–Crippen LogP) is -0.941. The van der Waals surface area contributed by atoms with Gasteiger partial charge in [-0.3, -0.25) is 9.59 Å². The number of aromatic nitrogens is 6. The Bertz CT molecular complexity index is 741. The van der Waals surface area contributed by atoms with Gasteiger partial charge in [0.15, 0.2) is 0 Å². The fourth-order valence-electron chi connectivity index (χ4n) is 2.41. The maximum Gasteiger partial charge on any atom is 0.264 e. The van der Waals surface area contributed by atoms with Gasteiger partial charge >= 0.3 is 0 Å². The van der Waals surface area contributed by atoms with E-state index in [1.165, 1.54) is 16.4 Å². The normalized spacial score (nSPS) is 17.0. The molecule has 0 saturated heterocycles. The summed E-state index contributed by atoms with van der Waals surface area (Å²) in [5.41, 5.74) is 1.60. The molecule has 1 aliphatic rings. The maximum atomic E-state index is 12.0. The summed E-state index contributed by atoms with van der Waals surface area (Å²) in [6, 6.07) is 1.59. The Hall–Kier alpha value is -2.23. The van der Waals surface area contributed by atoms with E-state index in [9.17, 15) is 9.59 Å². The number of carbonyl (C=O) groups is 1. The Morgan fingerprint density at radius 2 is 2.45 bits per heavy atom. The molecule has 0 aromatic carbocycles. The first-order chi connectivity index (χ1) is 10.6. The van der Waals surface area contributed by atoms with Gasteiger partial charge in [0, 0.05) is 19.2 Å². The van der Waals surface area contributed by atoms with E-state index in [1.807, 2.05) is 0 Å². The Kier molecular flexibility index (Phi) is 4.18. The molecule has 22 heavy (non-hydrogen) atoms. The number of amides is 1. The van der Waals surface area contributed by atoms with E-state index in [4.69, 9.17) is 0 Å². The van der Waals surface area contributed by atoms with Gasteiger partial charge in [0.25, 0.3) is 5.56 Å². The van der Waals surface area contributed by atoms with Crippen molar-refractivity contribution in [2.75, 3.05) is 5.75 Å². The fourth-order valence-corrected chi connectivity index (χ4v) is 3.07. The molecular weight excluding hydrogens is 306 g/mol. The number of aryl methyl sites for hydroxylation is 2. The molecule has 1 atom stereocenters. The standard InChI is InChI=1S/C12H15N7O2S/c1-19-12(16-17-18-19)22-6-11(21)13-8-2-3-9-7(4-8)5-10(20)15-14-9/h5,8H,2-4,6H2,1H3,(H,13,21)(H,15,20). The molecule has 2 aromatic heterocycles. The molecule has 0 saturated carbocycles. The van der Waals surface area contributed by atoms with E-state index < -0.39 is 0 Å². The number of carbonyl (C=O) groups excluding carboxylic acids is 1. The first-order valence-electron chi connectivity index (χ1n) is 6.84. The SMILES string of the molecule is Cn1nnnc1SCC(=O)NC1CCc2n[nH]c(=O)cc2C1. The van der Waals surface area contributed by atoms with Gasteiger partial charge in [-0.2, -0.15) is 5.10 Å². The van der Waals surface area contributed by atoms with Crippen LogP contribution in [0.3, 0.4) is 0 Å². The molecule has 10 heteroatoms. The lowest BCUT2D eigenvalue weighted by Gasteiger charge is -2.24. The van der Waals surface area contributed by atoms with Crippen molar-refractivity contribution in [1.29, 1.82) is 0 Å². The molecule has 1 aliphatic carbocycles. The number of fused-ring (bicyclic) bond motifs is 1. The average Bonchev–Trinajstić information content (AvgIpc) is 2.90. The number of nitrogens with zero attached hydrogens (tertiary/aromatic N) is 5. The van der Waals surface area contributed by atoms with Crippen molar-refractivity contribution < 1.29 is 4.79 Å². The smallest absolute Gasteiger partial charge is 0.264 e. The molecule has 9 nitrogen and oxygen atoms in total. The van der Waals surface area contributed by atoms with Crippen LogP contribution < -0.4 is 10.9 Å². The first kappa shape index (κ1) is 14.7. The summed E-state index contributed by atoms with van der Waals surface area (Å²) >= 11 is 1.29. The highest BCUT2D eigenvalue weighted by molar-refractivity contribution is 7.99. The van der Waals surface area contributed by atoms with E-state index in [2.05, 4.69) is 31.0 Å². The summed E-state index contributed by atoms with van der Waals surface area (Å²) in [7, 11) is 1.73. The molecule has 116 valence electrons. The van der Waals surface area contributed by atoms with Crippen LogP contribution in [0.15, 0.2) is 16.0 Å². The highest BCUT2D eigenvalue weighted by Gasteiger charge is 2.21. The highest BCUT2D eigenvalue weighted by Crippen LogP contribution is 2.18. The summed E-state index contributed by atoms with van der Waals surface area (Å²) in [6.45, 7) is 0. The highest BCUT2D eigenvalue weighted by atomic mass is 32.2. The number of aromatic amines is 1. The summed E-state index contributed by atoms with van der Waals surface area (Å²) in [4.78, 5) is 23.3. The molecule has 0 fully saturated rings. The van der Waals surface area contributed by atoms with Crippen LogP contribution in [0, 0.1) is 0 Å². The van der Waals surface area contributed by atoms with Gasteiger partial charge in [-0.25, -0.2) is 9.78 Å². The van der Waals surface area contributed by atoms with E-state index in [-0.39, 0.29) is 23.3 Å². The van der Waals surface area contributed by atoms with Crippen molar-refractivity contribution >= 4 is 17.7 Å². The van der Waals surface area contributed by atoms with Crippen molar-refractivity contribution in [1.82, 2.24) is 35.7 Å². The van der Waals surface area contributed by atoms with Gasteiger partial charge in [0.05, 0.1) is 11.4 Å². The van der Waals surface area contributed by atoms with Crippen LogP contribution >= 0.6 is 11.8 Å². The van der Waals surface area contributed by atoms with Crippen LogP contribution in [0.5, 0.6) is 0 Å². The lowest BCUT2D eigenvalue weighted by molar-refractivity contribution is -0.119. The van der Waals surface area contributed by atoms with Gasteiger partial charge in [-0.15, -0.1) is 5.10 Å². The minimum Gasteiger partial charge on any atom is -0.352 e. The number of rotatable bonds is 4. The van der Waals surface area contributed by atoms with Gasteiger partial charge in [0.2, 0.25) is 11.1 Å². The quantitative estimate of drug-likeness (QED) is 0.698. The topological polar surface area (TPSA) is 118 Å². The lowest BCUT2D eigenvalue weighted by atomic mass is 9.92. The van der Waals surface area contributed by atoms with Crippen LogP contribution in [0.25, 0.3) is 0 Å². The van der Waals surface area contributed by atoms with Crippen LogP contribution in [-0.4, -0.2) is 48.1 Å². The van der Waals surface area contributed by atoms with Crippen molar-refractivity contribution in [3.8, 4) is 0 Å². The molecule has 2 N–H and O–H groups in total. The molecular formula is C12H15N7O2S. The van der Waals surface area contributed by atoms with Gasteiger partial charge in [0.1, 0.15) is 0 Å². The second-order valence-electron chi connectivity index (χ2n) is 5.09. The van der Waals surface area contributed by atoms with Gasteiger partial charge < -0.3 is 5.32 Å². The van der Waals surface area contributed by atoms with Crippen molar-refractivity contribution in [2.45, 2.75) is 30.5 Å². The van der Waals surface area contributed by atoms with Crippen LogP contribution in [0.4, 0.5) is 0 Å². The molecule has 3 rings (SSSR count). The molecule has 1 amide bonds. The number of thioether (sulfide) groups is 1. The first-order valence-corrected chi connectivity index (χ1v) is 7.82. The third kappa shape index (κ3) is 3.32. The predicted molar refractivity (Wildman–Crippen MR) is 78.3 cm³/mol. The van der Waals surface area contributed by atoms with Crippen molar-refractivity contribution in [2.24, 2.45) is 7.05 Å². The lowest BCUT2D eigenvalue weighted by Crippen LogP contribution is -2.40. The molecule has 2 aromatic rings. The second kappa shape index (κ2) is 6.26. The molecule has 0 radical (unpaired) electrons. The molecule has 0 aliphatic heterocycles. The number of hydrogen-bond acceptors (Lipinski definition) is 7. The average molecular weight is 321 g/mol. The summed E-state index contributed by atoms with van der Waals surface area (Å²) in [5, 5.41) is 21.1. The molecule has 1 unspecified atom stereocenters. The Morgan fingerprint density at radius 1 is 1.59 bits per heavy atom. The third-order valence-corrected chi connectivity index (χ3v) is 4.46. The van der Waals surface area contributed by atoms with Crippen molar-refractivity contribution in [3.05, 3.63) is 27.7 Å². The van der Waals surface area contributed by atoms with Crippen LogP contribution in [-0.2, 0) is 24.7 Å². The second-order valence-corrected chi connectivity index (χ2v) is 6.03. The Balaban J connectivity index is 1.54. The number of nitrogens with one attached hydrogen (secondary N) is 2. The summed E-state index contributed by atoms with van der Waals surface area (Å²) in [6.07, 6.45) is 2.19.